The van der Waals surface area contributed by atoms with Crippen LogP contribution in [-0.4, -0.2) is 24.1 Å². The maximum Gasteiger partial charge on any atom is 0.136 e. The zero-order valence-electron chi connectivity index (χ0n) is 10.1. The minimum absolute atomic E-state index is 0.526. The summed E-state index contributed by atoms with van der Waals surface area (Å²) >= 11 is 6.12. The second-order valence-electron chi connectivity index (χ2n) is 4.68. The molecule has 3 rings (SSSR count). The molecule has 0 amide bonds. The molecule has 4 heteroatoms. The maximum atomic E-state index is 6.12. The van der Waals surface area contributed by atoms with Crippen molar-refractivity contribution in [3.63, 3.8) is 0 Å². The summed E-state index contributed by atoms with van der Waals surface area (Å²) in [5.41, 5.74) is 1.09. The third-order valence-electron chi connectivity index (χ3n) is 3.45. The third-order valence-corrected chi connectivity index (χ3v) is 3.75. The number of hydrogen-bond donors (Lipinski definition) is 2. The summed E-state index contributed by atoms with van der Waals surface area (Å²) in [6, 6.07) is 8.65. The largest absolute Gasteiger partial charge is 0.380 e. The maximum absolute atomic E-state index is 6.12. The quantitative estimate of drug-likeness (QED) is 0.816. The molecule has 0 spiro atoms. The van der Waals surface area contributed by atoms with Crippen molar-refractivity contribution in [1.82, 2.24) is 10.3 Å². The van der Waals surface area contributed by atoms with Crippen LogP contribution in [0.1, 0.15) is 12.8 Å². The van der Waals surface area contributed by atoms with Crippen molar-refractivity contribution >= 4 is 28.1 Å². The first-order valence-electron chi connectivity index (χ1n) is 6.35. The summed E-state index contributed by atoms with van der Waals surface area (Å²) in [6.45, 7) is 2.16. The van der Waals surface area contributed by atoms with Gasteiger partial charge in [-0.05, 0) is 25.9 Å². The molecule has 0 atom stereocenters. The summed E-state index contributed by atoms with van der Waals surface area (Å²) in [7, 11) is 0. The molecule has 0 unspecified atom stereocenters. The number of pyridine rings is 1. The van der Waals surface area contributed by atoms with Crippen LogP contribution in [0.3, 0.4) is 0 Å². The van der Waals surface area contributed by atoms with Crippen molar-refractivity contribution in [1.29, 1.82) is 0 Å². The van der Waals surface area contributed by atoms with Crippen molar-refractivity contribution in [2.24, 2.45) is 0 Å². The molecule has 1 aromatic heterocycles. The van der Waals surface area contributed by atoms with Gasteiger partial charge in [0.25, 0.3) is 0 Å². The first-order chi connectivity index (χ1) is 8.84. The number of fused-ring (bicyclic) bond motifs is 1. The Bertz CT molecular complexity index is 550. The van der Waals surface area contributed by atoms with E-state index in [1.165, 1.54) is 0 Å². The summed E-state index contributed by atoms with van der Waals surface area (Å²) in [6.07, 6.45) is 4.14. The van der Waals surface area contributed by atoms with Crippen molar-refractivity contribution in [3.05, 3.63) is 35.6 Å². The second-order valence-corrected chi connectivity index (χ2v) is 5.03. The Morgan fingerprint density at radius 2 is 1.89 bits per heavy atom. The van der Waals surface area contributed by atoms with E-state index in [9.17, 15) is 0 Å². The van der Waals surface area contributed by atoms with Gasteiger partial charge >= 0.3 is 0 Å². The fraction of sp³-hybridized carbons (Fsp3) is 0.357. The second kappa shape index (κ2) is 5.12. The molecule has 94 valence electrons. The zero-order valence-corrected chi connectivity index (χ0v) is 10.9. The molecule has 0 saturated carbocycles. The van der Waals surface area contributed by atoms with Gasteiger partial charge in [0.1, 0.15) is 5.15 Å². The van der Waals surface area contributed by atoms with E-state index < -0.39 is 0 Å². The van der Waals surface area contributed by atoms with Gasteiger partial charge in [0.15, 0.2) is 0 Å². The Hall–Kier alpha value is -1.32. The molecule has 1 fully saturated rings. The Morgan fingerprint density at radius 1 is 1.17 bits per heavy atom. The van der Waals surface area contributed by atoms with Crippen LogP contribution >= 0.6 is 11.6 Å². The molecule has 1 aliphatic heterocycles. The average molecular weight is 262 g/mol. The molecule has 1 aliphatic rings. The number of anilines is 1. The van der Waals surface area contributed by atoms with Gasteiger partial charge in [-0.3, -0.25) is 0 Å². The molecule has 0 bridgehead atoms. The Morgan fingerprint density at radius 3 is 2.67 bits per heavy atom. The third kappa shape index (κ3) is 2.28. The molecule has 1 saturated heterocycles. The smallest absolute Gasteiger partial charge is 0.136 e. The fourth-order valence-electron chi connectivity index (χ4n) is 2.46. The Balaban J connectivity index is 1.94. The average Bonchev–Trinajstić information content (AvgIpc) is 2.44. The van der Waals surface area contributed by atoms with Crippen LogP contribution in [0.5, 0.6) is 0 Å². The van der Waals surface area contributed by atoms with Gasteiger partial charge in [-0.1, -0.05) is 35.9 Å². The summed E-state index contributed by atoms with van der Waals surface area (Å²) in [5.74, 6) is 0. The molecule has 2 heterocycles. The number of nitrogens with one attached hydrogen (secondary N) is 2. The van der Waals surface area contributed by atoms with E-state index in [0.717, 1.165) is 42.4 Å². The summed E-state index contributed by atoms with van der Waals surface area (Å²) in [5, 5.41) is 9.69. The van der Waals surface area contributed by atoms with Crippen LogP contribution in [0.25, 0.3) is 10.8 Å². The molecular formula is C14H16ClN3. The van der Waals surface area contributed by atoms with Crippen molar-refractivity contribution in [3.8, 4) is 0 Å². The van der Waals surface area contributed by atoms with Crippen LogP contribution < -0.4 is 10.6 Å². The number of benzene rings is 1. The fourth-order valence-corrected chi connectivity index (χ4v) is 2.67. The first-order valence-corrected chi connectivity index (χ1v) is 6.73. The van der Waals surface area contributed by atoms with Gasteiger partial charge < -0.3 is 10.6 Å². The van der Waals surface area contributed by atoms with E-state index in [1.54, 1.807) is 0 Å². The first kappa shape index (κ1) is 11.8. The predicted molar refractivity (Wildman–Crippen MR) is 76.3 cm³/mol. The van der Waals surface area contributed by atoms with Gasteiger partial charge in [0.05, 0.1) is 11.9 Å². The zero-order chi connectivity index (χ0) is 12.4. The minimum atomic E-state index is 0.526. The van der Waals surface area contributed by atoms with E-state index in [1.807, 2.05) is 24.4 Å². The van der Waals surface area contributed by atoms with E-state index in [2.05, 4.69) is 21.7 Å². The number of piperidine rings is 1. The number of rotatable bonds is 2. The standard InChI is InChI=1S/C14H16ClN3/c15-14-12-4-2-1-3-11(12)13(9-17-14)18-10-5-7-16-8-6-10/h1-4,9-10,16,18H,5-8H2. The van der Waals surface area contributed by atoms with Crippen LogP contribution in [0, 0.1) is 0 Å². The number of halogens is 1. The van der Waals surface area contributed by atoms with Crippen molar-refractivity contribution < 1.29 is 0 Å². The van der Waals surface area contributed by atoms with Crippen LogP contribution in [-0.2, 0) is 0 Å². The van der Waals surface area contributed by atoms with Crippen LogP contribution in [0.15, 0.2) is 30.5 Å². The van der Waals surface area contributed by atoms with E-state index in [4.69, 9.17) is 11.6 Å². The van der Waals surface area contributed by atoms with Gasteiger partial charge in [0.2, 0.25) is 0 Å². The lowest BCUT2D eigenvalue weighted by molar-refractivity contribution is 0.479. The molecule has 3 nitrogen and oxygen atoms in total. The van der Waals surface area contributed by atoms with Crippen molar-refractivity contribution in [2.45, 2.75) is 18.9 Å². The SMILES string of the molecule is Clc1ncc(NC2CCNCC2)c2ccccc12. The monoisotopic (exact) mass is 261 g/mol. The van der Waals surface area contributed by atoms with Gasteiger partial charge in [0, 0.05) is 16.8 Å². The lowest BCUT2D eigenvalue weighted by Crippen LogP contribution is -2.35. The normalized spacial score (nSPS) is 16.9. The predicted octanol–water partition coefficient (Wildman–Crippen LogP) is 3.05. The number of hydrogen-bond acceptors (Lipinski definition) is 3. The molecule has 1 aromatic carbocycles. The highest BCUT2D eigenvalue weighted by Crippen LogP contribution is 2.28. The molecular weight excluding hydrogens is 246 g/mol. The van der Waals surface area contributed by atoms with Crippen LogP contribution in [0.4, 0.5) is 5.69 Å². The van der Waals surface area contributed by atoms with Gasteiger partial charge in [-0.2, -0.15) is 0 Å². The van der Waals surface area contributed by atoms with Gasteiger partial charge in [-0.15, -0.1) is 0 Å². The van der Waals surface area contributed by atoms with Crippen molar-refractivity contribution in [2.75, 3.05) is 18.4 Å². The molecule has 0 radical (unpaired) electrons. The lowest BCUT2D eigenvalue weighted by atomic mass is 10.1. The summed E-state index contributed by atoms with van der Waals surface area (Å²) < 4.78 is 0. The van der Waals surface area contributed by atoms with E-state index in [0.29, 0.717) is 11.2 Å². The highest BCUT2D eigenvalue weighted by molar-refractivity contribution is 6.34. The summed E-state index contributed by atoms with van der Waals surface area (Å²) in [4.78, 5) is 4.26. The molecule has 18 heavy (non-hydrogen) atoms. The molecule has 2 N–H and O–H groups in total. The topological polar surface area (TPSA) is 37.0 Å². The minimum Gasteiger partial charge on any atom is -0.380 e. The highest BCUT2D eigenvalue weighted by atomic mass is 35.5. The molecule has 2 aromatic rings. The lowest BCUT2D eigenvalue weighted by Gasteiger charge is -2.25. The van der Waals surface area contributed by atoms with Crippen LogP contribution in [0.2, 0.25) is 5.15 Å². The Kier molecular flexibility index (Phi) is 3.35. The molecule has 0 aliphatic carbocycles. The Labute approximate surface area is 112 Å². The van der Waals surface area contributed by atoms with E-state index >= 15 is 0 Å². The van der Waals surface area contributed by atoms with Gasteiger partial charge in [-0.25, -0.2) is 4.98 Å². The van der Waals surface area contributed by atoms with E-state index in [-0.39, 0.29) is 0 Å². The highest BCUT2D eigenvalue weighted by Gasteiger charge is 2.14. The number of aromatic nitrogens is 1. The number of nitrogens with zero attached hydrogens (tertiary/aromatic N) is 1.